The summed E-state index contributed by atoms with van der Waals surface area (Å²) in [5.74, 6) is -0.938. The van der Waals surface area contributed by atoms with E-state index in [1.165, 1.54) is 72.8 Å². The first-order valence-corrected chi connectivity index (χ1v) is 16.8. The second kappa shape index (κ2) is 9.86. The number of phenols is 2. The van der Waals surface area contributed by atoms with E-state index < -0.39 is 39.8 Å². The van der Waals surface area contributed by atoms with Crippen molar-refractivity contribution in [3.63, 3.8) is 0 Å². The summed E-state index contributed by atoms with van der Waals surface area (Å²) >= 11 is -10.6. The van der Waals surface area contributed by atoms with Gasteiger partial charge in [0.2, 0.25) is 0 Å². The third-order valence-electron chi connectivity index (χ3n) is 5.01. The molecule has 0 radical (unpaired) electrons. The molecule has 0 atom stereocenters. The van der Waals surface area contributed by atoms with Gasteiger partial charge in [-0.2, -0.15) is 0 Å². The summed E-state index contributed by atoms with van der Waals surface area (Å²) in [4.78, 5) is 0. The maximum absolute atomic E-state index is 11.7. The zero-order chi connectivity index (χ0) is 26.1. The van der Waals surface area contributed by atoms with Crippen molar-refractivity contribution in [2.24, 2.45) is 20.5 Å². The summed E-state index contributed by atoms with van der Waals surface area (Å²) in [7, 11) is 0. The Bertz CT molecular complexity index is 1510. The third kappa shape index (κ3) is 5.34. The van der Waals surface area contributed by atoms with Gasteiger partial charge in [0.1, 0.15) is 0 Å². The van der Waals surface area contributed by atoms with Gasteiger partial charge in [0.15, 0.2) is 0 Å². The van der Waals surface area contributed by atoms with Crippen LogP contribution in [0.15, 0.2) is 93.3 Å². The number of rotatable bonds is 6. The topological polar surface area (TPSA) is 205 Å². The fourth-order valence-electron chi connectivity index (χ4n) is 3.33. The van der Waals surface area contributed by atoms with Crippen molar-refractivity contribution >= 4 is 70.6 Å². The van der Waals surface area contributed by atoms with Crippen molar-refractivity contribution < 1.29 is 34.1 Å². The first-order valence-electron chi connectivity index (χ1n) is 10.1. The van der Waals surface area contributed by atoms with Crippen molar-refractivity contribution in [3.8, 4) is 11.5 Å². The molecule has 0 aliphatic heterocycles. The molecule has 6 N–H and O–H groups in total. The summed E-state index contributed by atoms with van der Waals surface area (Å²) in [6.45, 7) is 0. The Balaban J connectivity index is 1.75. The molecule has 0 fully saturated rings. The number of aromatic hydroxyl groups is 2. The number of hydrogen-bond acceptors (Lipinski definition) is 8. The molecular weight excluding hydrogens is 598 g/mol. The standard InChI is InChI=1S/C22H18As2N4O8/c29-21-18(27-25-16-7-3-1-5-14(16)23(31,32)33)11-9-13-10-12-19(22(30)20(13)21)28-26-17-8-4-2-6-15(17)24(34,35)36/h1-12,29-30H,(H2,31,32,33)(H2,34,35,36). The minimum absolute atomic E-state index is 0.0392. The van der Waals surface area contributed by atoms with E-state index in [0.717, 1.165) is 0 Å². The van der Waals surface area contributed by atoms with Gasteiger partial charge in [0.25, 0.3) is 0 Å². The normalized spacial score (nSPS) is 12.7. The molecule has 0 bridgehead atoms. The molecule has 0 heterocycles. The second-order valence-corrected chi connectivity index (χ2v) is 14.0. The molecule has 4 aromatic carbocycles. The summed E-state index contributed by atoms with van der Waals surface area (Å²) in [5.41, 5.74) is -0.314. The predicted molar refractivity (Wildman–Crippen MR) is 130 cm³/mol. The van der Waals surface area contributed by atoms with Crippen LogP contribution in [-0.2, 0) is 7.48 Å². The summed E-state index contributed by atoms with van der Waals surface area (Å²) in [5, 5.41) is 37.4. The fourth-order valence-corrected chi connectivity index (χ4v) is 6.25. The SMILES string of the molecule is O=[As](O)(O)c1ccccc1N=Nc1ccc2ccc(N=Nc3ccccc3[As](=O)(O)O)c(O)c2c1O. The van der Waals surface area contributed by atoms with Gasteiger partial charge in [-0.05, 0) is 0 Å². The van der Waals surface area contributed by atoms with Crippen LogP contribution in [0.3, 0.4) is 0 Å². The van der Waals surface area contributed by atoms with Gasteiger partial charge in [-0.3, -0.25) is 0 Å². The molecule has 4 rings (SSSR count). The Morgan fingerprint density at radius 1 is 0.500 bits per heavy atom. The van der Waals surface area contributed by atoms with E-state index in [1.807, 2.05) is 0 Å². The summed E-state index contributed by atoms with van der Waals surface area (Å²) < 4.78 is 61.1. The Morgan fingerprint density at radius 3 is 1.25 bits per heavy atom. The molecule has 0 spiro atoms. The molecule has 0 amide bonds. The van der Waals surface area contributed by atoms with E-state index in [0.29, 0.717) is 5.39 Å². The van der Waals surface area contributed by atoms with Gasteiger partial charge in [-0.25, -0.2) is 0 Å². The molecule has 0 aromatic heterocycles. The molecule has 0 unspecified atom stereocenters. The van der Waals surface area contributed by atoms with Gasteiger partial charge in [-0.1, -0.05) is 0 Å². The third-order valence-corrected chi connectivity index (χ3v) is 9.23. The van der Waals surface area contributed by atoms with Crippen LogP contribution >= 0.6 is 0 Å². The molecule has 4 aromatic rings. The van der Waals surface area contributed by atoms with Gasteiger partial charge in [0, 0.05) is 0 Å². The van der Waals surface area contributed by atoms with Crippen LogP contribution in [0.5, 0.6) is 11.5 Å². The molecule has 12 nitrogen and oxygen atoms in total. The molecule has 36 heavy (non-hydrogen) atoms. The van der Waals surface area contributed by atoms with E-state index in [1.54, 1.807) is 0 Å². The Kier molecular flexibility index (Phi) is 7.01. The van der Waals surface area contributed by atoms with E-state index in [4.69, 9.17) is 0 Å². The average Bonchev–Trinajstić information content (AvgIpc) is 2.82. The van der Waals surface area contributed by atoms with E-state index in [-0.39, 0.29) is 36.8 Å². The maximum atomic E-state index is 11.7. The molecule has 0 aliphatic rings. The molecule has 0 aliphatic carbocycles. The summed E-state index contributed by atoms with van der Waals surface area (Å²) in [6.07, 6.45) is 0. The van der Waals surface area contributed by atoms with Crippen molar-refractivity contribution in [1.82, 2.24) is 0 Å². The predicted octanol–water partition coefficient (Wildman–Crippen LogP) is 2.20. The molecular formula is C22H18As2N4O8. The number of hydrogen-bond donors (Lipinski definition) is 6. The first kappa shape index (κ1) is 25.6. The van der Waals surface area contributed by atoms with Crippen LogP contribution in [0.2, 0.25) is 0 Å². The second-order valence-electron chi connectivity index (χ2n) is 7.43. The van der Waals surface area contributed by atoms with E-state index in [2.05, 4.69) is 20.5 Å². The van der Waals surface area contributed by atoms with Crippen LogP contribution in [0.1, 0.15) is 0 Å². The van der Waals surface area contributed by atoms with Crippen molar-refractivity contribution in [3.05, 3.63) is 72.8 Å². The van der Waals surface area contributed by atoms with Crippen LogP contribution in [0.4, 0.5) is 22.7 Å². The molecule has 14 heteroatoms. The average molecular weight is 616 g/mol. The first-order chi connectivity index (χ1) is 17.0. The van der Waals surface area contributed by atoms with Crippen LogP contribution in [0.25, 0.3) is 10.8 Å². The number of phenolic OH excluding ortho intramolecular Hbond substituents is 2. The van der Waals surface area contributed by atoms with Gasteiger partial charge in [0.05, 0.1) is 0 Å². The van der Waals surface area contributed by atoms with Gasteiger partial charge in [-0.15, -0.1) is 0 Å². The Labute approximate surface area is 208 Å². The minimum atomic E-state index is -5.28. The summed E-state index contributed by atoms with van der Waals surface area (Å²) in [6, 6.07) is 17.1. The van der Waals surface area contributed by atoms with Crippen LogP contribution in [-0.4, -0.2) is 54.9 Å². The van der Waals surface area contributed by atoms with E-state index in [9.17, 15) is 34.1 Å². The molecule has 0 saturated heterocycles. The van der Waals surface area contributed by atoms with Crippen LogP contribution in [0, 0.1) is 0 Å². The van der Waals surface area contributed by atoms with Crippen molar-refractivity contribution in [2.45, 2.75) is 0 Å². The monoisotopic (exact) mass is 616 g/mol. The van der Waals surface area contributed by atoms with Crippen LogP contribution < -0.4 is 8.70 Å². The van der Waals surface area contributed by atoms with Gasteiger partial charge >= 0.3 is 209 Å². The van der Waals surface area contributed by atoms with Gasteiger partial charge < -0.3 is 0 Å². The number of nitrogens with zero attached hydrogens (tertiary/aromatic N) is 4. The van der Waals surface area contributed by atoms with E-state index >= 15 is 0 Å². The number of azo groups is 2. The fraction of sp³-hybridized carbons (Fsp3) is 0. The Morgan fingerprint density at radius 2 is 0.861 bits per heavy atom. The number of benzene rings is 4. The Hall–Kier alpha value is -3.50. The molecule has 184 valence electrons. The quantitative estimate of drug-likeness (QED) is 0.140. The van der Waals surface area contributed by atoms with Crippen molar-refractivity contribution in [2.75, 3.05) is 0 Å². The van der Waals surface area contributed by atoms with Crippen molar-refractivity contribution in [1.29, 1.82) is 0 Å². The number of fused-ring (bicyclic) bond motifs is 1. The molecule has 0 saturated carbocycles. The zero-order valence-corrected chi connectivity index (χ0v) is 21.9. The zero-order valence-electron chi connectivity index (χ0n) is 18.1.